The summed E-state index contributed by atoms with van der Waals surface area (Å²) in [4.78, 5) is 9.75. The molecule has 31 heavy (non-hydrogen) atoms. The number of nitrogens with zero attached hydrogens (tertiary/aromatic N) is 3. The molecular formula is C26H31N3OS. The SMILES string of the molecule is C/C=C/C(O)c1ccc2sc(N(C)C3CCN(C/C=C/c4ccccc4)CC3)nc2c1. The molecule has 0 spiro atoms. The number of aromatic nitrogens is 1. The minimum absolute atomic E-state index is 0.517. The molecule has 1 fully saturated rings. The van der Waals surface area contributed by atoms with E-state index in [1.165, 1.54) is 10.3 Å². The molecule has 162 valence electrons. The lowest BCUT2D eigenvalue weighted by Gasteiger charge is -2.36. The summed E-state index contributed by atoms with van der Waals surface area (Å²) in [7, 11) is 2.17. The number of piperidine rings is 1. The molecule has 1 aliphatic heterocycles. The second-order valence-electron chi connectivity index (χ2n) is 8.15. The highest BCUT2D eigenvalue weighted by molar-refractivity contribution is 7.22. The van der Waals surface area contributed by atoms with Crippen molar-refractivity contribution in [3.8, 4) is 0 Å². The summed E-state index contributed by atoms with van der Waals surface area (Å²) < 4.78 is 1.17. The van der Waals surface area contributed by atoms with Gasteiger partial charge in [0.15, 0.2) is 5.13 Å². The molecule has 1 saturated heterocycles. The highest BCUT2D eigenvalue weighted by atomic mass is 32.1. The molecular weight excluding hydrogens is 402 g/mol. The van der Waals surface area contributed by atoms with Crippen LogP contribution in [0.2, 0.25) is 0 Å². The molecule has 1 unspecified atom stereocenters. The van der Waals surface area contributed by atoms with Crippen molar-refractivity contribution in [3.63, 3.8) is 0 Å². The average Bonchev–Trinajstić information content (AvgIpc) is 3.23. The van der Waals surface area contributed by atoms with Crippen LogP contribution in [0.4, 0.5) is 5.13 Å². The van der Waals surface area contributed by atoms with Gasteiger partial charge in [0, 0.05) is 32.7 Å². The van der Waals surface area contributed by atoms with Gasteiger partial charge in [-0.25, -0.2) is 4.98 Å². The topological polar surface area (TPSA) is 39.6 Å². The van der Waals surface area contributed by atoms with Gasteiger partial charge in [0.05, 0.1) is 16.3 Å². The van der Waals surface area contributed by atoms with E-state index >= 15 is 0 Å². The highest BCUT2D eigenvalue weighted by Gasteiger charge is 2.24. The van der Waals surface area contributed by atoms with Crippen molar-refractivity contribution in [2.24, 2.45) is 0 Å². The fourth-order valence-electron chi connectivity index (χ4n) is 4.11. The first kappa shape index (κ1) is 21.8. The number of fused-ring (bicyclic) bond motifs is 1. The Hall–Kier alpha value is -2.47. The Labute approximate surface area is 189 Å². The first-order valence-corrected chi connectivity index (χ1v) is 11.8. The number of hydrogen-bond donors (Lipinski definition) is 1. The minimum Gasteiger partial charge on any atom is -0.384 e. The third-order valence-electron chi connectivity index (χ3n) is 6.00. The third kappa shape index (κ3) is 5.42. The summed E-state index contributed by atoms with van der Waals surface area (Å²) in [6, 6.07) is 17.1. The van der Waals surface area contributed by atoms with Crippen LogP contribution in [0.5, 0.6) is 0 Å². The molecule has 0 saturated carbocycles. The van der Waals surface area contributed by atoms with Gasteiger partial charge in [-0.2, -0.15) is 0 Å². The first-order chi connectivity index (χ1) is 15.1. The summed E-state index contributed by atoms with van der Waals surface area (Å²) >= 11 is 1.74. The smallest absolute Gasteiger partial charge is 0.186 e. The quantitative estimate of drug-likeness (QED) is 0.498. The lowest BCUT2D eigenvalue weighted by molar-refractivity contribution is 0.228. The normalized spacial score (nSPS) is 17.1. The van der Waals surface area contributed by atoms with E-state index in [0.717, 1.165) is 48.7 Å². The molecule has 4 nitrogen and oxygen atoms in total. The van der Waals surface area contributed by atoms with Crippen molar-refractivity contribution in [3.05, 3.63) is 77.9 Å². The zero-order valence-electron chi connectivity index (χ0n) is 18.3. The van der Waals surface area contributed by atoms with Crippen molar-refractivity contribution >= 4 is 32.8 Å². The lowest BCUT2D eigenvalue weighted by Crippen LogP contribution is -2.43. The van der Waals surface area contributed by atoms with Gasteiger partial charge in [0.1, 0.15) is 0 Å². The van der Waals surface area contributed by atoms with Crippen LogP contribution in [0.15, 0.2) is 66.8 Å². The average molecular weight is 434 g/mol. The van der Waals surface area contributed by atoms with Crippen LogP contribution in [0.1, 0.15) is 37.0 Å². The second-order valence-corrected chi connectivity index (χ2v) is 9.16. The van der Waals surface area contributed by atoms with E-state index in [1.54, 1.807) is 17.4 Å². The van der Waals surface area contributed by atoms with E-state index in [9.17, 15) is 5.11 Å². The van der Waals surface area contributed by atoms with Crippen LogP contribution in [-0.2, 0) is 0 Å². The maximum absolute atomic E-state index is 10.2. The van der Waals surface area contributed by atoms with Gasteiger partial charge in [-0.15, -0.1) is 0 Å². The van der Waals surface area contributed by atoms with Gasteiger partial charge in [0.2, 0.25) is 0 Å². The van der Waals surface area contributed by atoms with Gasteiger partial charge in [0.25, 0.3) is 0 Å². The summed E-state index contributed by atoms with van der Waals surface area (Å²) in [6.07, 6.45) is 9.88. The van der Waals surface area contributed by atoms with Crippen molar-refractivity contribution in [2.45, 2.75) is 31.9 Å². The fraction of sp³-hybridized carbons (Fsp3) is 0.346. The van der Waals surface area contributed by atoms with Gasteiger partial charge in [-0.05, 0) is 43.0 Å². The van der Waals surface area contributed by atoms with Crippen LogP contribution in [0.3, 0.4) is 0 Å². The molecule has 2 aromatic carbocycles. The Balaban J connectivity index is 1.34. The van der Waals surface area contributed by atoms with Crippen LogP contribution >= 0.6 is 11.3 Å². The van der Waals surface area contributed by atoms with Crippen LogP contribution in [0, 0.1) is 0 Å². The molecule has 4 rings (SSSR count). The first-order valence-electron chi connectivity index (χ1n) is 11.0. The number of benzene rings is 2. The summed E-state index contributed by atoms with van der Waals surface area (Å²) in [5, 5.41) is 11.3. The van der Waals surface area contributed by atoms with Gasteiger partial charge >= 0.3 is 0 Å². The van der Waals surface area contributed by atoms with E-state index in [2.05, 4.69) is 65.4 Å². The summed E-state index contributed by atoms with van der Waals surface area (Å²) in [5.41, 5.74) is 3.12. The third-order valence-corrected chi connectivity index (χ3v) is 7.12. The van der Waals surface area contributed by atoms with E-state index in [-0.39, 0.29) is 0 Å². The van der Waals surface area contributed by atoms with Crippen LogP contribution < -0.4 is 4.90 Å². The zero-order chi connectivity index (χ0) is 21.6. The number of rotatable bonds is 7. The van der Waals surface area contributed by atoms with E-state index < -0.39 is 6.10 Å². The maximum Gasteiger partial charge on any atom is 0.186 e. The van der Waals surface area contributed by atoms with Crippen molar-refractivity contribution in [2.75, 3.05) is 31.6 Å². The molecule has 0 aliphatic carbocycles. The largest absolute Gasteiger partial charge is 0.384 e. The van der Waals surface area contributed by atoms with Crippen molar-refractivity contribution in [1.82, 2.24) is 9.88 Å². The summed E-state index contributed by atoms with van der Waals surface area (Å²) in [5.74, 6) is 0. The van der Waals surface area contributed by atoms with Crippen LogP contribution in [-0.4, -0.2) is 47.7 Å². The Morgan fingerprint density at radius 3 is 2.71 bits per heavy atom. The number of likely N-dealkylation sites (tertiary alicyclic amines) is 1. The highest BCUT2D eigenvalue weighted by Crippen LogP contribution is 2.32. The number of anilines is 1. The Morgan fingerprint density at radius 2 is 1.97 bits per heavy atom. The number of allylic oxidation sites excluding steroid dienone is 1. The predicted octanol–water partition coefficient (Wildman–Crippen LogP) is 5.52. The molecule has 1 aliphatic rings. The lowest BCUT2D eigenvalue weighted by atomic mass is 10.0. The maximum atomic E-state index is 10.2. The van der Waals surface area contributed by atoms with E-state index in [4.69, 9.17) is 4.98 Å². The van der Waals surface area contributed by atoms with Crippen molar-refractivity contribution in [1.29, 1.82) is 0 Å². The van der Waals surface area contributed by atoms with Gasteiger partial charge in [-0.3, -0.25) is 4.90 Å². The molecule has 0 bridgehead atoms. The number of hydrogen-bond acceptors (Lipinski definition) is 5. The molecule has 0 radical (unpaired) electrons. The molecule has 3 aromatic rings. The molecule has 1 atom stereocenters. The predicted molar refractivity (Wildman–Crippen MR) is 133 cm³/mol. The zero-order valence-corrected chi connectivity index (χ0v) is 19.1. The fourth-order valence-corrected chi connectivity index (χ4v) is 5.09. The number of thiazole rings is 1. The van der Waals surface area contributed by atoms with Gasteiger partial charge in [-0.1, -0.05) is 72.0 Å². The number of aliphatic hydroxyl groups is 1. The van der Waals surface area contributed by atoms with E-state index in [0.29, 0.717) is 6.04 Å². The molecule has 2 heterocycles. The Morgan fingerprint density at radius 1 is 1.19 bits per heavy atom. The number of aliphatic hydroxyl groups excluding tert-OH is 1. The molecule has 1 aromatic heterocycles. The van der Waals surface area contributed by atoms with Gasteiger partial charge < -0.3 is 10.0 Å². The van der Waals surface area contributed by atoms with Crippen molar-refractivity contribution < 1.29 is 5.11 Å². The second kappa shape index (κ2) is 10.2. The monoisotopic (exact) mass is 433 g/mol. The molecule has 0 amide bonds. The standard InChI is InChI=1S/C26H31N3OS/c1-3-8-24(30)21-12-13-25-23(19-21)27-26(31-25)28(2)22-14-17-29(18-15-22)16-7-11-20-9-5-4-6-10-20/h3-13,19,22,24,30H,14-18H2,1-2H3/b8-3+,11-7+. The van der Waals surface area contributed by atoms with Crippen LogP contribution in [0.25, 0.3) is 16.3 Å². The Bertz CT molecular complexity index is 1040. The van der Waals surface area contributed by atoms with E-state index in [1.807, 2.05) is 25.1 Å². The minimum atomic E-state index is -0.572. The molecule has 5 heteroatoms. The Kier molecular flexibility index (Phi) is 7.17. The summed E-state index contributed by atoms with van der Waals surface area (Å²) in [6.45, 7) is 5.14. The molecule has 1 N–H and O–H groups in total.